The van der Waals surface area contributed by atoms with Gasteiger partial charge in [0.15, 0.2) is 5.75 Å². The van der Waals surface area contributed by atoms with E-state index in [2.05, 4.69) is 5.32 Å². The molecule has 1 atom stereocenters. The van der Waals surface area contributed by atoms with E-state index in [1.165, 1.54) is 18.9 Å². The van der Waals surface area contributed by atoms with Crippen LogP contribution in [-0.2, 0) is 0 Å². The van der Waals surface area contributed by atoms with Gasteiger partial charge >= 0.3 is 5.69 Å². The van der Waals surface area contributed by atoms with Gasteiger partial charge in [-0.05, 0) is 50.4 Å². The molecule has 0 saturated carbocycles. The van der Waals surface area contributed by atoms with Crippen molar-refractivity contribution in [1.82, 2.24) is 5.32 Å². The molecule has 1 aliphatic rings. The van der Waals surface area contributed by atoms with Crippen molar-refractivity contribution >= 4 is 17.3 Å². The molecule has 1 saturated heterocycles. The van der Waals surface area contributed by atoms with Gasteiger partial charge in [0.25, 0.3) is 0 Å². The Labute approximate surface area is 117 Å². The number of benzene rings is 1. The Morgan fingerprint density at radius 3 is 3.05 bits per heavy atom. The fourth-order valence-corrected chi connectivity index (χ4v) is 2.43. The van der Waals surface area contributed by atoms with Crippen molar-refractivity contribution in [3.8, 4) is 5.75 Å². The number of piperidine rings is 1. The Hall–Kier alpha value is -1.33. The molecule has 19 heavy (non-hydrogen) atoms. The van der Waals surface area contributed by atoms with E-state index in [-0.39, 0.29) is 11.4 Å². The maximum atomic E-state index is 10.9. The summed E-state index contributed by atoms with van der Waals surface area (Å²) in [5.41, 5.74) is -0.0748. The molecule has 0 amide bonds. The average Bonchev–Trinajstić information content (AvgIpc) is 2.41. The largest absolute Gasteiger partial charge is 0.487 e. The van der Waals surface area contributed by atoms with Crippen LogP contribution in [0.15, 0.2) is 18.2 Å². The predicted molar refractivity (Wildman–Crippen MR) is 73.8 cm³/mol. The van der Waals surface area contributed by atoms with Gasteiger partial charge in [-0.25, -0.2) is 0 Å². The van der Waals surface area contributed by atoms with Gasteiger partial charge in [0.1, 0.15) is 0 Å². The van der Waals surface area contributed by atoms with Gasteiger partial charge in [-0.1, -0.05) is 11.6 Å². The maximum Gasteiger partial charge on any atom is 0.312 e. The normalized spacial score (nSPS) is 19.1. The van der Waals surface area contributed by atoms with Crippen LogP contribution in [0.1, 0.15) is 19.3 Å². The molecule has 0 aliphatic carbocycles. The molecule has 2 rings (SSSR count). The average molecular weight is 285 g/mol. The lowest BCUT2D eigenvalue weighted by atomic mass is 9.97. The van der Waals surface area contributed by atoms with Gasteiger partial charge in [0.05, 0.1) is 11.5 Å². The van der Waals surface area contributed by atoms with Gasteiger partial charge in [-0.2, -0.15) is 0 Å². The van der Waals surface area contributed by atoms with Crippen LogP contribution in [0.2, 0.25) is 5.02 Å². The molecule has 1 aromatic rings. The van der Waals surface area contributed by atoms with E-state index >= 15 is 0 Å². The van der Waals surface area contributed by atoms with E-state index in [9.17, 15) is 10.1 Å². The van der Waals surface area contributed by atoms with Crippen LogP contribution in [0.25, 0.3) is 0 Å². The Morgan fingerprint density at radius 1 is 1.53 bits per heavy atom. The summed E-state index contributed by atoms with van der Waals surface area (Å²) in [7, 11) is 0. The smallest absolute Gasteiger partial charge is 0.312 e. The predicted octanol–water partition coefficient (Wildman–Crippen LogP) is 3.02. The minimum Gasteiger partial charge on any atom is -0.487 e. The molecule has 0 aromatic heterocycles. The van der Waals surface area contributed by atoms with Gasteiger partial charge in [0.2, 0.25) is 0 Å². The van der Waals surface area contributed by atoms with Gasteiger partial charge in [0, 0.05) is 11.1 Å². The zero-order valence-electron chi connectivity index (χ0n) is 10.6. The zero-order chi connectivity index (χ0) is 13.7. The number of hydrogen-bond acceptors (Lipinski definition) is 4. The molecule has 104 valence electrons. The van der Waals surface area contributed by atoms with Crippen LogP contribution < -0.4 is 10.1 Å². The molecular weight excluding hydrogens is 268 g/mol. The molecule has 0 spiro atoms. The number of halogens is 1. The summed E-state index contributed by atoms with van der Waals surface area (Å²) >= 11 is 5.75. The molecule has 5 nitrogen and oxygen atoms in total. The maximum absolute atomic E-state index is 10.9. The number of nitro benzene ring substituents is 1. The SMILES string of the molecule is O=[N+]([O-])c1cc(Cl)ccc1OCC[C@H]1CCCNC1. The fraction of sp³-hybridized carbons (Fsp3) is 0.538. The number of nitro groups is 1. The highest BCUT2D eigenvalue weighted by Crippen LogP contribution is 2.30. The van der Waals surface area contributed by atoms with Crippen LogP contribution >= 0.6 is 11.6 Å². The highest BCUT2D eigenvalue weighted by Gasteiger charge is 2.17. The second kappa shape index (κ2) is 6.73. The van der Waals surface area contributed by atoms with Crippen molar-refractivity contribution < 1.29 is 9.66 Å². The van der Waals surface area contributed by atoms with Crippen molar-refractivity contribution in [1.29, 1.82) is 0 Å². The van der Waals surface area contributed by atoms with Gasteiger partial charge < -0.3 is 10.1 Å². The molecule has 0 unspecified atom stereocenters. The third-order valence-corrected chi connectivity index (χ3v) is 3.54. The Balaban J connectivity index is 1.89. The van der Waals surface area contributed by atoms with Crippen LogP contribution in [0.5, 0.6) is 5.75 Å². The van der Waals surface area contributed by atoms with Crippen molar-refractivity contribution in [2.75, 3.05) is 19.7 Å². The van der Waals surface area contributed by atoms with Gasteiger partial charge in [-0.15, -0.1) is 0 Å². The Kier molecular flexibility index (Phi) is 4.99. The molecule has 0 radical (unpaired) electrons. The monoisotopic (exact) mass is 284 g/mol. The molecule has 6 heteroatoms. The first-order valence-electron chi connectivity index (χ1n) is 6.44. The molecular formula is C13H17ClN2O3. The minimum absolute atomic E-state index is 0.0748. The number of hydrogen-bond donors (Lipinski definition) is 1. The van der Waals surface area contributed by atoms with E-state index in [4.69, 9.17) is 16.3 Å². The summed E-state index contributed by atoms with van der Waals surface area (Å²) in [5.74, 6) is 0.887. The third-order valence-electron chi connectivity index (χ3n) is 3.30. The van der Waals surface area contributed by atoms with Crippen molar-refractivity contribution in [2.24, 2.45) is 5.92 Å². The first kappa shape index (κ1) is 14.1. The van der Waals surface area contributed by atoms with Crippen LogP contribution in [0.3, 0.4) is 0 Å². The highest BCUT2D eigenvalue weighted by molar-refractivity contribution is 6.30. The summed E-state index contributed by atoms with van der Waals surface area (Å²) in [6.45, 7) is 2.58. The lowest BCUT2D eigenvalue weighted by Crippen LogP contribution is -2.30. The summed E-state index contributed by atoms with van der Waals surface area (Å²) in [4.78, 5) is 10.4. The van der Waals surface area contributed by atoms with Crippen LogP contribution in [0.4, 0.5) is 5.69 Å². The number of nitrogens with one attached hydrogen (secondary N) is 1. The van der Waals surface area contributed by atoms with E-state index < -0.39 is 4.92 Å². The van der Waals surface area contributed by atoms with Crippen molar-refractivity contribution in [3.05, 3.63) is 33.3 Å². The van der Waals surface area contributed by atoms with Gasteiger partial charge in [-0.3, -0.25) is 10.1 Å². The molecule has 1 fully saturated rings. The zero-order valence-corrected chi connectivity index (χ0v) is 11.4. The first-order valence-corrected chi connectivity index (χ1v) is 6.82. The van der Waals surface area contributed by atoms with E-state index in [1.807, 2.05) is 0 Å². The fourth-order valence-electron chi connectivity index (χ4n) is 2.26. The van der Waals surface area contributed by atoms with Crippen LogP contribution in [0, 0.1) is 16.0 Å². The quantitative estimate of drug-likeness (QED) is 0.667. The lowest BCUT2D eigenvalue weighted by molar-refractivity contribution is -0.385. The molecule has 1 heterocycles. The molecule has 1 aromatic carbocycles. The second-order valence-corrected chi connectivity index (χ2v) is 5.16. The second-order valence-electron chi connectivity index (χ2n) is 4.72. The molecule has 1 N–H and O–H groups in total. The van der Waals surface area contributed by atoms with Crippen molar-refractivity contribution in [2.45, 2.75) is 19.3 Å². The van der Waals surface area contributed by atoms with E-state index in [1.54, 1.807) is 12.1 Å². The summed E-state index contributed by atoms with van der Waals surface area (Å²) in [5, 5.41) is 14.6. The number of ether oxygens (including phenoxy) is 1. The topological polar surface area (TPSA) is 64.4 Å². The summed E-state index contributed by atoms with van der Waals surface area (Å²) in [6, 6.07) is 4.48. The third kappa shape index (κ3) is 4.08. The highest BCUT2D eigenvalue weighted by atomic mass is 35.5. The summed E-state index contributed by atoms with van der Waals surface area (Å²) in [6.07, 6.45) is 3.29. The molecule has 1 aliphatic heterocycles. The minimum atomic E-state index is -0.469. The summed E-state index contributed by atoms with van der Waals surface area (Å²) < 4.78 is 5.53. The van der Waals surface area contributed by atoms with E-state index in [0.717, 1.165) is 19.5 Å². The van der Waals surface area contributed by atoms with Crippen LogP contribution in [-0.4, -0.2) is 24.6 Å². The standard InChI is InChI=1S/C13H17ClN2O3/c14-11-3-4-13(12(8-11)16(17)18)19-7-5-10-2-1-6-15-9-10/h3-4,8,10,15H,1-2,5-7,9H2/t10-/m1/s1. The number of rotatable bonds is 5. The number of nitrogens with zero attached hydrogens (tertiary/aromatic N) is 1. The van der Waals surface area contributed by atoms with E-state index in [0.29, 0.717) is 17.5 Å². The first-order chi connectivity index (χ1) is 9.16. The van der Waals surface area contributed by atoms with Crippen molar-refractivity contribution in [3.63, 3.8) is 0 Å². The Morgan fingerprint density at radius 2 is 2.37 bits per heavy atom. The molecule has 0 bridgehead atoms. The Bertz CT molecular complexity index is 448. The lowest BCUT2D eigenvalue weighted by Gasteiger charge is -2.22.